The number of hydrogen-bond acceptors (Lipinski definition) is 5. The van der Waals surface area contributed by atoms with Gasteiger partial charge in [0.05, 0.1) is 6.54 Å². The predicted molar refractivity (Wildman–Crippen MR) is 98.6 cm³/mol. The van der Waals surface area contributed by atoms with Crippen LogP contribution in [0.25, 0.3) is 0 Å². The molecule has 2 aliphatic rings. The van der Waals surface area contributed by atoms with Crippen LogP contribution in [-0.2, 0) is 13.1 Å². The molecule has 6 nitrogen and oxygen atoms in total. The number of carbonyl (C=O) groups excluding carboxylic acids is 1. The van der Waals surface area contributed by atoms with Gasteiger partial charge in [-0.15, -0.1) is 0 Å². The zero-order valence-corrected chi connectivity index (χ0v) is 15.3. The third-order valence-electron chi connectivity index (χ3n) is 5.37. The van der Waals surface area contributed by atoms with Crippen molar-refractivity contribution in [2.75, 3.05) is 33.2 Å². The molecule has 0 unspecified atom stereocenters. The Morgan fingerprint density at radius 2 is 2.08 bits per heavy atom. The first-order chi connectivity index (χ1) is 12.7. The molecule has 0 spiro atoms. The highest BCUT2D eigenvalue weighted by Crippen LogP contribution is 2.22. The van der Waals surface area contributed by atoms with Crippen molar-refractivity contribution in [3.05, 3.63) is 53.4 Å². The first-order valence-corrected chi connectivity index (χ1v) is 9.40. The molecule has 138 valence electrons. The molecule has 2 aliphatic heterocycles. The van der Waals surface area contributed by atoms with Crippen molar-refractivity contribution in [2.24, 2.45) is 0 Å². The van der Waals surface area contributed by atoms with E-state index in [0.717, 1.165) is 31.9 Å². The first-order valence-electron chi connectivity index (χ1n) is 9.40. The summed E-state index contributed by atoms with van der Waals surface area (Å²) in [6.45, 7) is 5.20. The van der Waals surface area contributed by atoms with Crippen LogP contribution in [0.4, 0.5) is 0 Å². The normalized spacial score (nSPS) is 20.5. The van der Waals surface area contributed by atoms with Crippen molar-refractivity contribution >= 4 is 5.91 Å². The molecule has 0 saturated carbocycles. The van der Waals surface area contributed by atoms with Crippen molar-refractivity contribution in [1.82, 2.24) is 19.9 Å². The fraction of sp³-hybridized carbons (Fsp3) is 0.500. The van der Waals surface area contributed by atoms with Gasteiger partial charge >= 0.3 is 0 Å². The summed E-state index contributed by atoms with van der Waals surface area (Å²) in [5, 5.41) is 4.03. The van der Waals surface area contributed by atoms with Gasteiger partial charge < -0.3 is 9.42 Å². The second kappa shape index (κ2) is 7.60. The van der Waals surface area contributed by atoms with E-state index in [1.807, 2.05) is 30.1 Å². The van der Waals surface area contributed by atoms with Crippen LogP contribution >= 0.6 is 0 Å². The molecule has 1 atom stereocenters. The minimum absolute atomic E-state index is 0.00253. The lowest BCUT2D eigenvalue weighted by molar-refractivity contribution is 0.0561. The highest BCUT2D eigenvalue weighted by molar-refractivity contribution is 5.92. The summed E-state index contributed by atoms with van der Waals surface area (Å²) < 4.78 is 5.42. The summed E-state index contributed by atoms with van der Waals surface area (Å²) in [7, 11) is 2.04. The quantitative estimate of drug-likeness (QED) is 0.824. The molecule has 1 amide bonds. The van der Waals surface area contributed by atoms with Gasteiger partial charge in [-0.1, -0.05) is 35.5 Å². The van der Waals surface area contributed by atoms with E-state index < -0.39 is 0 Å². The molecule has 4 rings (SSSR count). The number of carbonyl (C=O) groups is 1. The van der Waals surface area contributed by atoms with Crippen LogP contribution in [0.3, 0.4) is 0 Å². The van der Waals surface area contributed by atoms with Crippen LogP contribution in [0.15, 0.2) is 40.9 Å². The number of amides is 1. The van der Waals surface area contributed by atoms with Gasteiger partial charge in [0.1, 0.15) is 0 Å². The van der Waals surface area contributed by atoms with Crippen LogP contribution in [0.2, 0.25) is 0 Å². The molecule has 1 aromatic carbocycles. The van der Waals surface area contributed by atoms with Crippen LogP contribution in [0.1, 0.15) is 34.7 Å². The Balaban J connectivity index is 1.34. The number of rotatable bonds is 5. The van der Waals surface area contributed by atoms with E-state index >= 15 is 0 Å². The fourth-order valence-corrected chi connectivity index (χ4v) is 4.04. The van der Waals surface area contributed by atoms with Gasteiger partial charge in [-0.05, 0) is 32.0 Å². The van der Waals surface area contributed by atoms with Gasteiger partial charge in [-0.3, -0.25) is 14.6 Å². The summed E-state index contributed by atoms with van der Waals surface area (Å²) >= 11 is 0. The van der Waals surface area contributed by atoms with E-state index in [9.17, 15) is 4.79 Å². The molecule has 0 bridgehead atoms. The number of piperazine rings is 1. The second-order valence-electron chi connectivity index (χ2n) is 7.42. The molecule has 0 N–H and O–H groups in total. The molecular formula is C20H26N4O2. The number of fused-ring (bicyclic) bond motifs is 1. The average molecular weight is 354 g/mol. The van der Waals surface area contributed by atoms with E-state index in [1.54, 1.807) is 6.07 Å². The third kappa shape index (κ3) is 3.81. The Morgan fingerprint density at radius 3 is 2.92 bits per heavy atom. The SMILES string of the molecule is CN(Cc1ccccc1)Cc1cc(C(=O)N2CCN3CCC[C@H]3C2)no1. The molecule has 26 heavy (non-hydrogen) atoms. The van der Waals surface area contributed by atoms with Crippen LogP contribution in [0, 0.1) is 0 Å². The molecular weight excluding hydrogens is 328 g/mol. The molecule has 6 heteroatoms. The monoisotopic (exact) mass is 354 g/mol. The van der Waals surface area contributed by atoms with Gasteiger partial charge in [0.25, 0.3) is 5.91 Å². The first kappa shape index (κ1) is 17.2. The number of nitrogens with zero attached hydrogens (tertiary/aromatic N) is 4. The summed E-state index contributed by atoms with van der Waals surface area (Å²) in [6, 6.07) is 12.6. The predicted octanol–water partition coefficient (Wildman–Crippen LogP) is 2.23. The van der Waals surface area contributed by atoms with Crippen molar-refractivity contribution < 1.29 is 9.32 Å². The van der Waals surface area contributed by atoms with Gasteiger partial charge in [-0.2, -0.15) is 0 Å². The van der Waals surface area contributed by atoms with Gasteiger partial charge in [0.2, 0.25) is 0 Å². The fourth-order valence-electron chi connectivity index (χ4n) is 4.04. The van der Waals surface area contributed by atoms with E-state index in [4.69, 9.17) is 4.52 Å². The average Bonchev–Trinajstić information content (AvgIpc) is 3.30. The molecule has 2 fully saturated rings. The minimum Gasteiger partial charge on any atom is -0.359 e. The molecule has 0 radical (unpaired) electrons. The lowest BCUT2D eigenvalue weighted by Crippen LogP contribution is -2.52. The van der Waals surface area contributed by atoms with Gasteiger partial charge in [0.15, 0.2) is 11.5 Å². The van der Waals surface area contributed by atoms with Crippen molar-refractivity contribution in [1.29, 1.82) is 0 Å². The Morgan fingerprint density at radius 1 is 1.23 bits per heavy atom. The second-order valence-corrected chi connectivity index (χ2v) is 7.42. The third-order valence-corrected chi connectivity index (χ3v) is 5.37. The summed E-state index contributed by atoms with van der Waals surface area (Å²) in [5.74, 6) is 0.726. The topological polar surface area (TPSA) is 52.8 Å². The zero-order chi connectivity index (χ0) is 17.9. The summed E-state index contributed by atoms with van der Waals surface area (Å²) in [5.41, 5.74) is 1.68. The number of aromatic nitrogens is 1. The summed E-state index contributed by atoms with van der Waals surface area (Å²) in [4.78, 5) is 19.3. The lowest BCUT2D eigenvalue weighted by atomic mass is 10.1. The van der Waals surface area contributed by atoms with Crippen LogP contribution in [0.5, 0.6) is 0 Å². The molecule has 3 heterocycles. The molecule has 1 aromatic heterocycles. The zero-order valence-electron chi connectivity index (χ0n) is 15.3. The Labute approximate surface area is 154 Å². The maximum absolute atomic E-state index is 12.7. The van der Waals surface area contributed by atoms with Crippen molar-refractivity contribution in [3.8, 4) is 0 Å². The highest BCUT2D eigenvalue weighted by atomic mass is 16.5. The van der Waals surface area contributed by atoms with Crippen molar-refractivity contribution in [2.45, 2.75) is 32.0 Å². The van der Waals surface area contributed by atoms with E-state index in [2.05, 4.69) is 27.1 Å². The maximum atomic E-state index is 12.7. The largest absolute Gasteiger partial charge is 0.359 e. The molecule has 2 saturated heterocycles. The van der Waals surface area contributed by atoms with E-state index in [0.29, 0.717) is 18.3 Å². The smallest absolute Gasteiger partial charge is 0.276 e. The van der Waals surface area contributed by atoms with Gasteiger partial charge in [-0.25, -0.2) is 0 Å². The molecule has 0 aliphatic carbocycles. The Bertz CT molecular complexity index is 745. The van der Waals surface area contributed by atoms with Gasteiger partial charge in [0, 0.05) is 38.3 Å². The Kier molecular flexibility index (Phi) is 5.04. The Hall–Kier alpha value is -2.18. The van der Waals surface area contributed by atoms with Crippen LogP contribution < -0.4 is 0 Å². The lowest BCUT2D eigenvalue weighted by Gasteiger charge is -2.37. The van der Waals surface area contributed by atoms with Crippen LogP contribution in [-0.4, -0.2) is 65.0 Å². The van der Waals surface area contributed by atoms with Crippen molar-refractivity contribution in [3.63, 3.8) is 0 Å². The van der Waals surface area contributed by atoms with E-state index in [1.165, 1.54) is 24.9 Å². The standard InChI is InChI=1S/C20H26N4O2/c1-22(13-16-6-3-2-4-7-16)15-18-12-19(21-26-18)20(25)24-11-10-23-9-5-8-17(23)14-24/h2-4,6-7,12,17H,5,8-11,13-15H2,1H3/t17-/m0/s1. The van der Waals surface area contributed by atoms with E-state index in [-0.39, 0.29) is 5.91 Å². The number of benzene rings is 1. The highest BCUT2D eigenvalue weighted by Gasteiger charge is 2.33. The summed E-state index contributed by atoms with van der Waals surface area (Å²) in [6.07, 6.45) is 2.44. The molecule has 2 aromatic rings. The minimum atomic E-state index is -0.00253. The maximum Gasteiger partial charge on any atom is 0.276 e. The number of hydrogen-bond donors (Lipinski definition) is 0.